The van der Waals surface area contributed by atoms with E-state index in [1.54, 1.807) is 41.7 Å². The van der Waals surface area contributed by atoms with Gasteiger partial charge in [-0.15, -0.1) is 6.58 Å². The molecule has 0 saturated carbocycles. The maximum atomic E-state index is 15.2. The number of nitrogens with one attached hydrogen (secondary N) is 2. The highest BCUT2D eigenvalue weighted by Gasteiger charge is 2.51. The summed E-state index contributed by atoms with van der Waals surface area (Å²) < 4.78 is 53.5. The van der Waals surface area contributed by atoms with Crippen molar-refractivity contribution in [2.75, 3.05) is 30.7 Å². The summed E-state index contributed by atoms with van der Waals surface area (Å²) in [6.45, 7) is 5.08. The number of hydrogen-bond acceptors (Lipinski definition) is 5. The van der Waals surface area contributed by atoms with Gasteiger partial charge in [0.05, 0.1) is 0 Å². The number of carbonyl (C=O) groups excluding carboxylic acids is 2. The minimum atomic E-state index is -5.09. The standard InChI is InChI=1S/C24H22F4N4O2S/c1-2-10-32-12-16-13-35-22(30-20(33)15-6-4-3-5-7-15)31-23(16,14-32)18-11-17(8-9-19(18)25)29-21(34)24(26,27)28/h2-9,11,16H,1,10,12-14H2,(H,29,34)(H,30,31,33). The first kappa shape index (κ1) is 24.9. The first-order valence-corrected chi connectivity index (χ1v) is 11.7. The van der Waals surface area contributed by atoms with Crippen LogP contribution in [0.1, 0.15) is 15.9 Å². The predicted molar refractivity (Wildman–Crippen MR) is 127 cm³/mol. The molecule has 2 heterocycles. The van der Waals surface area contributed by atoms with E-state index in [0.29, 0.717) is 29.6 Å². The van der Waals surface area contributed by atoms with Crippen molar-refractivity contribution in [3.05, 3.63) is 78.1 Å². The van der Waals surface area contributed by atoms with E-state index >= 15 is 4.39 Å². The van der Waals surface area contributed by atoms with Crippen LogP contribution in [-0.4, -0.2) is 53.4 Å². The Hall–Kier alpha value is -3.18. The van der Waals surface area contributed by atoms with Gasteiger partial charge in [-0.05, 0) is 30.3 Å². The molecule has 11 heteroatoms. The zero-order valence-corrected chi connectivity index (χ0v) is 19.3. The number of halogens is 4. The van der Waals surface area contributed by atoms with Gasteiger partial charge in [0, 0.05) is 48.1 Å². The van der Waals surface area contributed by atoms with E-state index in [4.69, 9.17) is 4.99 Å². The van der Waals surface area contributed by atoms with Crippen molar-refractivity contribution in [3.63, 3.8) is 0 Å². The Morgan fingerprint density at radius 1 is 1.20 bits per heavy atom. The highest BCUT2D eigenvalue weighted by molar-refractivity contribution is 8.13. The number of carbonyl (C=O) groups is 2. The molecule has 2 aliphatic rings. The third-order valence-electron chi connectivity index (χ3n) is 5.93. The van der Waals surface area contributed by atoms with Crippen LogP contribution in [-0.2, 0) is 10.3 Å². The fraction of sp³-hybridized carbons (Fsp3) is 0.292. The monoisotopic (exact) mass is 506 g/mol. The number of rotatable bonds is 5. The van der Waals surface area contributed by atoms with Crippen molar-refractivity contribution >= 4 is 34.4 Å². The number of alkyl halides is 3. The van der Waals surface area contributed by atoms with Crippen LogP contribution in [0.2, 0.25) is 0 Å². The summed E-state index contributed by atoms with van der Waals surface area (Å²) >= 11 is 1.32. The third kappa shape index (κ3) is 5.25. The quantitative estimate of drug-likeness (QED) is 0.472. The molecule has 2 aliphatic heterocycles. The van der Waals surface area contributed by atoms with Crippen molar-refractivity contribution in [2.45, 2.75) is 11.7 Å². The lowest BCUT2D eigenvalue weighted by molar-refractivity contribution is -0.167. The molecule has 0 bridgehead atoms. The summed E-state index contributed by atoms with van der Waals surface area (Å²) in [6.07, 6.45) is -3.38. The van der Waals surface area contributed by atoms with Crippen molar-refractivity contribution in [3.8, 4) is 0 Å². The number of thioether (sulfide) groups is 1. The molecule has 0 aliphatic carbocycles. The van der Waals surface area contributed by atoms with Gasteiger partial charge in [0.2, 0.25) is 0 Å². The fourth-order valence-electron chi connectivity index (χ4n) is 4.35. The van der Waals surface area contributed by atoms with E-state index in [1.807, 2.05) is 4.90 Å². The van der Waals surface area contributed by atoms with E-state index in [2.05, 4.69) is 11.9 Å². The normalized spacial score (nSPS) is 22.2. The highest BCUT2D eigenvalue weighted by atomic mass is 32.2. The molecule has 2 atom stereocenters. The van der Waals surface area contributed by atoms with E-state index in [9.17, 15) is 22.8 Å². The number of hydrogen-bond donors (Lipinski definition) is 2. The Labute approximate surface area is 203 Å². The lowest BCUT2D eigenvalue weighted by atomic mass is 9.81. The van der Waals surface area contributed by atoms with E-state index in [-0.39, 0.29) is 29.6 Å². The second kappa shape index (κ2) is 9.82. The lowest BCUT2D eigenvalue weighted by Crippen LogP contribution is -2.43. The molecule has 1 saturated heterocycles. The Bertz CT molecular complexity index is 1170. The van der Waals surface area contributed by atoms with Crippen molar-refractivity contribution in [1.29, 1.82) is 0 Å². The van der Waals surface area contributed by atoms with Crippen LogP contribution in [0.3, 0.4) is 0 Å². The van der Waals surface area contributed by atoms with Crippen LogP contribution in [0.25, 0.3) is 0 Å². The van der Waals surface area contributed by atoms with Crippen molar-refractivity contribution in [2.24, 2.45) is 10.9 Å². The average molecular weight is 507 g/mol. The number of amidine groups is 1. The molecule has 0 radical (unpaired) electrons. The van der Waals surface area contributed by atoms with Crippen LogP contribution >= 0.6 is 11.8 Å². The summed E-state index contributed by atoms with van der Waals surface area (Å²) in [5.74, 6) is -2.88. The van der Waals surface area contributed by atoms with Gasteiger partial charge in [0.15, 0.2) is 5.17 Å². The Morgan fingerprint density at radius 3 is 2.63 bits per heavy atom. The smallest absolute Gasteiger partial charge is 0.318 e. The topological polar surface area (TPSA) is 73.8 Å². The van der Waals surface area contributed by atoms with Crippen molar-refractivity contribution < 1.29 is 27.2 Å². The van der Waals surface area contributed by atoms with Gasteiger partial charge in [-0.1, -0.05) is 36.0 Å². The number of likely N-dealkylation sites (tertiary alicyclic amines) is 1. The molecule has 35 heavy (non-hydrogen) atoms. The summed E-state index contributed by atoms with van der Waals surface area (Å²) in [6, 6.07) is 11.8. The molecule has 2 unspecified atom stereocenters. The number of amides is 2. The van der Waals surface area contributed by atoms with Crippen LogP contribution in [0.4, 0.5) is 23.2 Å². The molecule has 2 aromatic carbocycles. The second-order valence-electron chi connectivity index (χ2n) is 8.30. The molecular weight excluding hydrogens is 484 g/mol. The van der Waals surface area contributed by atoms with Crippen LogP contribution in [0.5, 0.6) is 0 Å². The first-order valence-electron chi connectivity index (χ1n) is 10.7. The van der Waals surface area contributed by atoms with Gasteiger partial charge < -0.3 is 10.6 Å². The summed E-state index contributed by atoms with van der Waals surface area (Å²) in [4.78, 5) is 30.9. The minimum absolute atomic E-state index is 0.0563. The molecule has 2 aromatic rings. The number of aliphatic imine (C=N–C) groups is 1. The minimum Gasteiger partial charge on any atom is -0.318 e. The molecule has 184 valence electrons. The predicted octanol–water partition coefficient (Wildman–Crippen LogP) is 4.17. The summed E-state index contributed by atoms with van der Waals surface area (Å²) in [7, 11) is 0. The molecule has 0 aromatic heterocycles. The van der Waals surface area contributed by atoms with Crippen LogP contribution in [0, 0.1) is 11.7 Å². The lowest BCUT2D eigenvalue weighted by Gasteiger charge is -2.36. The third-order valence-corrected chi connectivity index (χ3v) is 6.97. The Morgan fingerprint density at radius 2 is 1.94 bits per heavy atom. The van der Waals surface area contributed by atoms with Crippen LogP contribution in [0.15, 0.2) is 66.2 Å². The second-order valence-corrected chi connectivity index (χ2v) is 9.31. The van der Waals surface area contributed by atoms with Crippen LogP contribution < -0.4 is 10.6 Å². The first-order chi connectivity index (χ1) is 16.6. The average Bonchev–Trinajstić information content (AvgIpc) is 3.18. The van der Waals surface area contributed by atoms with E-state index in [1.165, 1.54) is 17.8 Å². The summed E-state index contributed by atoms with van der Waals surface area (Å²) in [5, 5.41) is 4.84. The van der Waals surface area contributed by atoms with E-state index in [0.717, 1.165) is 12.1 Å². The maximum absolute atomic E-state index is 15.2. The molecule has 0 spiro atoms. The number of nitrogens with zero attached hydrogens (tertiary/aromatic N) is 2. The number of benzene rings is 2. The molecular formula is C24H22F4N4O2S. The Kier molecular flexibility index (Phi) is 7.00. The van der Waals surface area contributed by atoms with Gasteiger partial charge in [0.1, 0.15) is 11.4 Å². The molecule has 2 amide bonds. The van der Waals surface area contributed by atoms with E-state index < -0.39 is 23.4 Å². The van der Waals surface area contributed by atoms with Gasteiger partial charge in [-0.25, -0.2) is 9.38 Å². The maximum Gasteiger partial charge on any atom is 0.471 e. The molecule has 6 nitrogen and oxygen atoms in total. The molecule has 4 rings (SSSR count). The highest BCUT2D eigenvalue weighted by Crippen LogP contribution is 2.47. The van der Waals surface area contributed by atoms with Gasteiger partial charge in [-0.3, -0.25) is 14.5 Å². The largest absolute Gasteiger partial charge is 0.471 e. The van der Waals surface area contributed by atoms with Gasteiger partial charge in [-0.2, -0.15) is 13.2 Å². The number of fused-ring (bicyclic) bond motifs is 1. The molecule has 2 N–H and O–H groups in total. The number of anilines is 1. The zero-order chi connectivity index (χ0) is 25.2. The Balaban J connectivity index is 1.72. The zero-order valence-electron chi connectivity index (χ0n) is 18.4. The fourth-order valence-corrected chi connectivity index (χ4v) is 5.49. The van der Waals surface area contributed by atoms with Gasteiger partial charge in [0.25, 0.3) is 5.91 Å². The van der Waals surface area contributed by atoms with Gasteiger partial charge >= 0.3 is 12.1 Å². The summed E-state index contributed by atoms with van der Waals surface area (Å²) in [5.41, 5.74) is -0.880. The molecule has 1 fully saturated rings. The van der Waals surface area contributed by atoms with Crippen molar-refractivity contribution in [1.82, 2.24) is 10.2 Å². The SMILES string of the molecule is C=CCN1CC2CSC(NC(=O)c3ccccc3)=NC2(c2cc(NC(=O)C(F)(F)F)ccc2F)C1.